The summed E-state index contributed by atoms with van der Waals surface area (Å²) in [6.45, 7) is 9.82. The van der Waals surface area contributed by atoms with Gasteiger partial charge in [0.05, 0.1) is 27.4 Å². The van der Waals surface area contributed by atoms with Gasteiger partial charge in [-0.1, -0.05) is 43.7 Å². The van der Waals surface area contributed by atoms with Gasteiger partial charge in [-0.15, -0.1) is 11.8 Å². The maximum absolute atomic E-state index is 13.3. The molecule has 0 aromatic heterocycles. The van der Waals surface area contributed by atoms with Crippen LogP contribution in [0.5, 0.6) is 0 Å². The first-order valence-corrected chi connectivity index (χ1v) is 17.7. The van der Waals surface area contributed by atoms with E-state index in [0.29, 0.717) is 17.8 Å². The molecule has 0 radical (unpaired) electrons. The second kappa shape index (κ2) is 18.4. The summed E-state index contributed by atoms with van der Waals surface area (Å²) in [4.78, 5) is 37.9. The van der Waals surface area contributed by atoms with Crippen LogP contribution < -0.4 is 19.3 Å². The molecule has 0 saturated heterocycles. The van der Waals surface area contributed by atoms with Crippen molar-refractivity contribution in [2.75, 3.05) is 35.2 Å². The van der Waals surface area contributed by atoms with Crippen molar-refractivity contribution in [1.82, 2.24) is 9.66 Å². The minimum atomic E-state index is -0.906. The molecule has 0 heterocycles. The van der Waals surface area contributed by atoms with Crippen LogP contribution in [0.1, 0.15) is 89.1 Å². The lowest BCUT2D eigenvalue weighted by Crippen LogP contribution is -2.32. The monoisotopic (exact) mass is 710 g/mol. The zero-order chi connectivity index (χ0) is 32.8. The van der Waals surface area contributed by atoms with Crippen LogP contribution in [0.15, 0.2) is 47.4 Å². The lowest BCUT2D eigenvalue weighted by molar-refractivity contribution is 0.0410. The van der Waals surface area contributed by atoms with Gasteiger partial charge in [0.2, 0.25) is 0 Å². The molecule has 0 fully saturated rings. The minimum absolute atomic E-state index is 0.217. The highest BCUT2D eigenvalue weighted by molar-refractivity contribution is 9.08. The van der Waals surface area contributed by atoms with Gasteiger partial charge in [-0.05, 0) is 95.2 Å². The second-order valence-electron chi connectivity index (χ2n) is 11.8. The summed E-state index contributed by atoms with van der Waals surface area (Å²) in [7, 11) is 1.89. The SMILES string of the molecule is CSN(C)c1cc(C(C)(C)OC(=O)NBr)ccc1C(=O)Nc1ccc(SCCCCCCCCNC(=O)OC(C)(C)C)cc1. The number of hydrogen-bond acceptors (Lipinski definition) is 8. The van der Waals surface area contributed by atoms with Crippen molar-refractivity contribution in [2.24, 2.45) is 0 Å². The van der Waals surface area contributed by atoms with Crippen LogP contribution in [0.25, 0.3) is 0 Å². The topological polar surface area (TPSA) is 109 Å². The molecule has 2 aromatic rings. The number of unbranched alkanes of at least 4 members (excludes halogenated alkanes) is 5. The van der Waals surface area contributed by atoms with E-state index in [0.717, 1.165) is 47.6 Å². The van der Waals surface area contributed by atoms with E-state index in [9.17, 15) is 14.4 Å². The van der Waals surface area contributed by atoms with E-state index in [1.165, 1.54) is 24.8 Å². The summed E-state index contributed by atoms with van der Waals surface area (Å²) < 4.78 is 14.9. The van der Waals surface area contributed by atoms with E-state index in [4.69, 9.17) is 9.47 Å². The Morgan fingerprint density at radius 1 is 0.864 bits per heavy atom. The second-order valence-corrected chi connectivity index (χ2v) is 14.3. The summed E-state index contributed by atoms with van der Waals surface area (Å²) in [5, 5.41) is 5.82. The van der Waals surface area contributed by atoms with Gasteiger partial charge in [-0.3, -0.25) is 9.14 Å². The lowest BCUT2D eigenvalue weighted by Gasteiger charge is -2.27. The number of halogens is 1. The largest absolute Gasteiger partial charge is 0.444 e. The van der Waals surface area contributed by atoms with E-state index >= 15 is 0 Å². The summed E-state index contributed by atoms with van der Waals surface area (Å²) in [5.74, 6) is 0.824. The summed E-state index contributed by atoms with van der Waals surface area (Å²) in [6, 6.07) is 13.3. The Labute approximate surface area is 279 Å². The summed E-state index contributed by atoms with van der Waals surface area (Å²) >= 11 is 6.19. The maximum Gasteiger partial charge on any atom is 0.418 e. The molecule has 0 aliphatic heterocycles. The third kappa shape index (κ3) is 13.6. The van der Waals surface area contributed by atoms with Crippen LogP contribution in [-0.2, 0) is 15.1 Å². The summed E-state index contributed by atoms with van der Waals surface area (Å²) in [5.41, 5.74) is 1.34. The number of nitrogens with one attached hydrogen (secondary N) is 3. The highest BCUT2D eigenvalue weighted by Crippen LogP contribution is 2.33. The zero-order valence-corrected chi connectivity index (χ0v) is 30.1. The molecule has 0 spiro atoms. The molecule has 44 heavy (non-hydrogen) atoms. The molecular weight excluding hydrogens is 664 g/mol. The number of carbonyl (C=O) groups excluding carboxylic acids is 3. The van der Waals surface area contributed by atoms with E-state index in [1.807, 2.05) is 80.5 Å². The van der Waals surface area contributed by atoms with Crippen LogP contribution in [0.3, 0.4) is 0 Å². The zero-order valence-electron chi connectivity index (χ0n) is 26.9. The van der Waals surface area contributed by atoms with Crippen molar-refractivity contribution in [3.63, 3.8) is 0 Å². The van der Waals surface area contributed by atoms with Gasteiger partial charge in [0.25, 0.3) is 5.91 Å². The fourth-order valence-corrected chi connectivity index (χ4v) is 5.57. The Kier molecular flexibility index (Phi) is 15.7. The van der Waals surface area contributed by atoms with Gasteiger partial charge in [0.1, 0.15) is 11.2 Å². The van der Waals surface area contributed by atoms with Gasteiger partial charge in [-0.2, -0.15) is 0 Å². The molecule has 2 rings (SSSR count). The average Bonchev–Trinajstić information content (AvgIpc) is 2.96. The maximum atomic E-state index is 13.3. The Balaban J connectivity index is 1.79. The molecule has 0 saturated carbocycles. The van der Waals surface area contributed by atoms with Gasteiger partial charge in [-0.25, -0.2) is 9.59 Å². The van der Waals surface area contributed by atoms with Crippen molar-refractivity contribution >= 4 is 69.3 Å². The predicted molar refractivity (Wildman–Crippen MR) is 187 cm³/mol. The van der Waals surface area contributed by atoms with Crippen molar-refractivity contribution in [1.29, 1.82) is 0 Å². The number of nitrogens with zero attached hydrogens (tertiary/aromatic N) is 1. The van der Waals surface area contributed by atoms with E-state index in [1.54, 1.807) is 26.0 Å². The molecule has 9 nitrogen and oxygen atoms in total. The number of hydrogen-bond donors (Lipinski definition) is 3. The van der Waals surface area contributed by atoms with Gasteiger partial charge in [0.15, 0.2) is 0 Å². The number of rotatable bonds is 16. The molecule has 0 aliphatic carbocycles. The normalized spacial score (nSPS) is 11.5. The fourth-order valence-electron chi connectivity index (χ4n) is 4.23. The number of benzene rings is 2. The Morgan fingerprint density at radius 2 is 1.50 bits per heavy atom. The Bertz CT molecular complexity index is 1220. The predicted octanol–water partition coefficient (Wildman–Crippen LogP) is 8.88. The minimum Gasteiger partial charge on any atom is -0.444 e. The first-order chi connectivity index (χ1) is 20.8. The number of thioether (sulfide) groups is 1. The first-order valence-electron chi connectivity index (χ1n) is 14.8. The molecule has 3 N–H and O–H groups in total. The molecule has 0 atom stereocenters. The third-order valence-corrected chi connectivity index (χ3v) is 8.76. The molecule has 0 aliphatic rings. The van der Waals surface area contributed by atoms with Crippen LogP contribution in [-0.4, -0.2) is 49.3 Å². The number of anilines is 2. The molecule has 2 aromatic carbocycles. The smallest absolute Gasteiger partial charge is 0.418 e. The van der Waals surface area contributed by atoms with Gasteiger partial charge in [0, 0.05) is 30.4 Å². The quantitative estimate of drug-likeness (QED) is 0.0686. The number of carbonyl (C=O) groups is 3. The van der Waals surface area contributed by atoms with Crippen molar-refractivity contribution in [3.8, 4) is 0 Å². The van der Waals surface area contributed by atoms with E-state index < -0.39 is 17.3 Å². The average molecular weight is 712 g/mol. The Morgan fingerprint density at radius 3 is 2.11 bits per heavy atom. The van der Waals surface area contributed by atoms with E-state index in [2.05, 4.69) is 31.1 Å². The van der Waals surface area contributed by atoms with Gasteiger partial charge >= 0.3 is 12.2 Å². The Hall–Kier alpha value is -2.57. The molecule has 0 unspecified atom stereocenters. The van der Waals surface area contributed by atoms with Gasteiger partial charge < -0.3 is 24.4 Å². The summed E-state index contributed by atoms with van der Waals surface area (Å²) in [6.07, 6.45) is 7.70. The third-order valence-electron chi connectivity index (χ3n) is 6.60. The van der Waals surface area contributed by atoms with Crippen molar-refractivity contribution < 1.29 is 23.9 Å². The molecule has 0 bridgehead atoms. The highest BCUT2D eigenvalue weighted by Gasteiger charge is 2.27. The molecule has 12 heteroatoms. The molecular formula is C32H47BrN4O5S2. The number of ether oxygens (including phenoxy) is 2. The van der Waals surface area contributed by atoms with Crippen LogP contribution in [0, 0.1) is 0 Å². The van der Waals surface area contributed by atoms with E-state index in [-0.39, 0.29) is 12.0 Å². The highest BCUT2D eigenvalue weighted by atomic mass is 79.9. The van der Waals surface area contributed by atoms with Crippen LogP contribution >= 0.6 is 39.9 Å². The molecule has 3 amide bonds. The fraction of sp³-hybridized carbons (Fsp3) is 0.531. The standard InChI is InChI=1S/C32H47BrN4O5S2/c1-31(2,3)41-29(39)34-20-12-10-8-9-11-13-21-44-25-17-15-24(16-18-25)35-28(38)26-19-14-23(22-27(26)37(6)43-7)32(4,5)42-30(40)36-33/h14-19,22H,8-13,20-21H2,1-7H3,(H,34,39)(H,35,38)(H,36,40). The van der Waals surface area contributed by atoms with Crippen molar-refractivity contribution in [2.45, 2.75) is 89.2 Å². The van der Waals surface area contributed by atoms with Crippen molar-refractivity contribution in [3.05, 3.63) is 53.6 Å². The van der Waals surface area contributed by atoms with Crippen LogP contribution in [0.4, 0.5) is 21.0 Å². The number of alkyl carbamates (subject to hydrolysis) is 1. The first kappa shape index (κ1) is 37.6. The molecule has 244 valence electrons. The van der Waals surface area contributed by atoms with Crippen LogP contribution in [0.2, 0.25) is 0 Å². The number of amides is 3. The lowest BCUT2D eigenvalue weighted by atomic mass is 9.95.